The van der Waals surface area contributed by atoms with Crippen LogP contribution in [0.1, 0.15) is 45.7 Å². The first-order chi connectivity index (χ1) is 14.0. The highest BCUT2D eigenvalue weighted by molar-refractivity contribution is 7.91. The molecule has 30 heavy (non-hydrogen) atoms. The molecule has 0 aliphatic heterocycles. The monoisotopic (exact) mass is 466 g/mol. The first-order valence-electron chi connectivity index (χ1n) is 9.51. The number of halogens is 1. The van der Waals surface area contributed by atoms with E-state index in [2.05, 4.69) is 37.1 Å². The van der Waals surface area contributed by atoms with Gasteiger partial charge in [0.1, 0.15) is 9.23 Å². The van der Waals surface area contributed by atoms with Crippen molar-refractivity contribution in [3.8, 4) is 10.7 Å². The van der Waals surface area contributed by atoms with Crippen molar-refractivity contribution in [2.75, 3.05) is 5.32 Å². The lowest BCUT2D eigenvalue weighted by molar-refractivity contribution is 0.492. The SMILES string of the molecule is C[C@H]1CC1c1cc(Nc2nc(-c3ccc(S(=O)(=O)NC(C)(C)C)s3)ncc2Cl)n[nH]1. The zero-order valence-corrected chi connectivity index (χ0v) is 19.4. The Labute approximate surface area is 184 Å². The number of rotatable bonds is 6. The smallest absolute Gasteiger partial charge is 0.250 e. The predicted molar refractivity (Wildman–Crippen MR) is 119 cm³/mol. The van der Waals surface area contributed by atoms with Crippen LogP contribution in [-0.2, 0) is 10.0 Å². The highest BCUT2D eigenvalue weighted by Gasteiger charge is 2.35. The largest absolute Gasteiger partial charge is 0.322 e. The third kappa shape index (κ3) is 4.66. The average Bonchev–Trinajstić information content (AvgIpc) is 3.04. The van der Waals surface area contributed by atoms with E-state index < -0.39 is 15.6 Å². The first-order valence-corrected chi connectivity index (χ1v) is 12.2. The Bertz CT molecular complexity index is 1180. The summed E-state index contributed by atoms with van der Waals surface area (Å²) >= 11 is 7.36. The van der Waals surface area contributed by atoms with Crippen molar-refractivity contribution in [3.05, 3.63) is 35.1 Å². The van der Waals surface area contributed by atoms with Crippen LogP contribution in [0, 0.1) is 5.92 Å². The lowest BCUT2D eigenvalue weighted by atomic mass is 10.1. The van der Waals surface area contributed by atoms with Gasteiger partial charge in [0.15, 0.2) is 17.5 Å². The second-order valence-corrected chi connectivity index (χ2v) is 11.9. The molecule has 3 heterocycles. The molecule has 1 unspecified atom stereocenters. The molecule has 0 bridgehead atoms. The second-order valence-electron chi connectivity index (χ2n) is 8.52. The van der Waals surface area contributed by atoms with Gasteiger partial charge in [-0.3, -0.25) is 5.10 Å². The number of hydrogen-bond acceptors (Lipinski definition) is 7. The molecule has 0 radical (unpaired) electrons. The van der Waals surface area contributed by atoms with E-state index in [4.69, 9.17) is 11.6 Å². The van der Waals surface area contributed by atoms with Crippen LogP contribution < -0.4 is 10.0 Å². The Morgan fingerprint density at radius 3 is 2.70 bits per heavy atom. The van der Waals surface area contributed by atoms with Gasteiger partial charge in [0.05, 0.1) is 11.1 Å². The number of nitrogens with one attached hydrogen (secondary N) is 3. The van der Waals surface area contributed by atoms with E-state index in [0.717, 1.165) is 23.5 Å². The van der Waals surface area contributed by atoms with Crippen molar-refractivity contribution in [2.45, 2.75) is 49.8 Å². The summed E-state index contributed by atoms with van der Waals surface area (Å²) in [6, 6.07) is 5.20. The minimum absolute atomic E-state index is 0.205. The summed E-state index contributed by atoms with van der Waals surface area (Å²) in [5.41, 5.74) is 0.521. The van der Waals surface area contributed by atoms with Gasteiger partial charge in [-0.15, -0.1) is 11.3 Å². The zero-order chi connectivity index (χ0) is 21.7. The van der Waals surface area contributed by atoms with Crippen molar-refractivity contribution in [1.29, 1.82) is 0 Å². The molecule has 11 heteroatoms. The molecule has 1 aliphatic rings. The molecule has 0 amide bonds. The highest BCUT2D eigenvalue weighted by atomic mass is 35.5. The summed E-state index contributed by atoms with van der Waals surface area (Å²) in [7, 11) is -3.62. The number of anilines is 2. The van der Waals surface area contributed by atoms with E-state index in [1.165, 1.54) is 6.20 Å². The summed E-state index contributed by atoms with van der Waals surface area (Å²) in [6.45, 7) is 7.59. The molecule has 0 saturated heterocycles. The average molecular weight is 467 g/mol. The Hall–Kier alpha value is -2.01. The molecule has 1 fully saturated rings. The molecule has 3 aromatic rings. The molecule has 0 aromatic carbocycles. The fraction of sp³-hybridized carbons (Fsp3) is 0.421. The van der Waals surface area contributed by atoms with E-state index in [1.54, 1.807) is 32.9 Å². The predicted octanol–water partition coefficient (Wildman–Crippen LogP) is 4.53. The lowest BCUT2D eigenvalue weighted by Crippen LogP contribution is -2.40. The summed E-state index contributed by atoms with van der Waals surface area (Å²) in [4.78, 5) is 9.36. The van der Waals surface area contributed by atoms with E-state index in [-0.39, 0.29) is 4.21 Å². The molecule has 3 N–H and O–H groups in total. The zero-order valence-electron chi connectivity index (χ0n) is 17.0. The number of H-pyrrole nitrogens is 1. The molecule has 2 atom stereocenters. The maximum Gasteiger partial charge on any atom is 0.250 e. The van der Waals surface area contributed by atoms with Crippen LogP contribution >= 0.6 is 22.9 Å². The normalized spacial score (nSPS) is 19.1. The van der Waals surface area contributed by atoms with Crippen molar-refractivity contribution >= 4 is 44.6 Å². The Morgan fingerprint density at radius 2 is 2.03 bits per heavy atom. The van der Waals surface area contributed by atoms with Gasteiger partial charge in [0.2, 0.25) is 0 Å². The number of aromatic nitrogens is 4. The fourth-order valence-electron chi connectivity index (χ4n) is 3.08. The van der Waals surface area contributed by atoms with Crippen molar-refractivity contribution in [2.24, 2.45) is 5.92 Å². The van der Waals surface area contributed by atoms with Gasteiger partial charge in [0, 0.05) is 23.2 Å². The highest BCUT2D eigenvalue weighted by Crippen LogP contribution is 2.46. The Balaban J connectivity index is 1.56. The Morgan fingerprint density at radius 1 is 1.30 bits per heavy atom. The van der Waals surface area contributed by atoms with Crippen LogP contribution in [0.15, 0.2) is 28.6 Å². The standard InChI is InChI=1S/C19H23ClN6O2S2/c1-10-7-11(10)13-8-15(25-24-13)22-17-12(20)9-21-18(23-17)14-5-6-16(29-14)30(27,28)26-19(2,3)4/h5-6,8-11,26H,7H2,1-4H3,(H2,21,22,23,24,25)/t10-,11?/m0/s1. The molecule has 8 nitrogen and oxygen atoms in total. The van der Waals surface area contributed by atoms with Crippen molar-refractivity contribution in [3.63, 3.8) is 0 Å². The molecular formula is C19H23ClN6O2S2. The third-order valence-electron chi connectivity index (χ3n) is 4.60. The topological polar surface area (TPSA) is 113 Å². The Kier molecular flexibility index (Phi) is 5.38. The van der Waals surface area contributed by atoms with E-state index in [1.807, 2.05) is 6.07 Å². The van der Waals surface area contributed by atoms with Gasteiger partial charge in [-0.05, 0) is 45.2 Å². The molecule has 4 rings (SSSR count). The van der Waals surface area contributed by atoms with E-state index in [9.17, 15) is 8.42 Å². The maximum absolute atomic E-state index is 12.6. The van der Waals surface area contributed by atoms with Crippen LogP contribution in [0.25, 0.3) is 10.7 Å². The minimum atomic E-state index is -3.62. The first kappa shape index (κ1) is 21.2. The van der Waals surface area contributed by atoms with Crippen molar-refractivity contribution in [1.82, 2.24) is 24.9 Å². The number of nitrogens with zero attached hydrogens (tertiary/aromatic N) is 3. The van der Waals surface area contributed by atoms with E-state index in [0.29, 0.717) is 39.2 Å². The number of aromatic amines is 1. The molecule has 1 aliphatic carbocycles. The molecule has 3 aromatic heterocycles. The number of hydrogen-bond donors (Lipinski definition) is 3. The summed E-state index contributed by atoms with van der Waals surface area (Å²) in [6.07, 6.45) is 2.65. The molecular weight excluding hydrogens is 444 g/mol. The van der Waals surface area contributed by atoms with Crippen LogP contribution in [0.3, 0.4) is 0 Å². The maximum atomic E-state index is 12.6. The van der Waals surface area contributed by atoms with Crippen LogP contribution in [0.4, 0.5) is 11.6 Å². The quantitative estimate of drug-likeness (QED) is 0.492. The van der Waals surface area contributed by atoms with Gasteiger partial charge in [-0.2, -0.15) is 5.10 Å². The van der Waals surface area contributed by atoms with Gasteiger partial charge >= 0.3 is 0 Å². The molecule has 1 saturated carbocycles. The van der Waals surface area contributed by atoms with Gasteiger partial charge in [-0.1, -0.05) is 18.5 Å². The van der Waals surface area contributed by atoms with Gasteiger partial charge in [-0.25, -0.2) is 23.1 Å². The fourth-order valence-corrected chi connectivity index (χ4v) is 5.88. The summed E-state index contributed by atoms with van der Waals surface area (Å²) < 4.78 is 28.0. The minimum Gasteiger partial charge on any atom is -0.322 e. The molecule has 160 valence electrons. The second kappa shape index (κ2) is 7.60. The lowest BCUT2D eigenvalue weighted by Gasteiger charge is -2.19. The third-order valence-corrected chi connectivity index (χ3v) is 8.21. The van der Waals surface area contributed by atoms with Gasteiger partial charge in [0.25, 0.3) is 10.0 Å². The number of sulfonamides is 1. The van der Waals surface area contributed by atoms with Gasteiger partial charge < -0.3 is 5.32 Å². The summed E-state index contributed by atoms with van der Waals surface area (Å²) in [5.74, 6) is 2.62. The van der Waals surface area contributed by atoms with E-state index >= 15 is 0 Å². The van der Waals surface area contributed by atoms with Crippen LogP contribution in [0.5, 0.6) is 0 Å². The van der Waals surface area contributed by atoms with Crippen molar-refractivity contribution < 1.29 is 8.42 Å². The number of thiophene rings is 1. The van der Waals surface area contributed by atoms with Crippen LogP contribution in [-0.4, -0.2) is 34.1 Å². The van der Waals surface area contributed by atoms with Crippen LogP contribution in [0.2, 0.25) is 5.02 Å². The molecule has 0 spiro atoms. The summed E-state index contributed by atoms with van der Waals surface area (Å²) in [5, 5.41) is 10.8.